The lowest BCUT2D eigenvalue weighted by molar-refractivity contribution is 0.239. The molecule has 21 heavy (non-hydrogen) atoms. The van der Waals surface area contributed by atoms with Crippen LogP contribution in [0.25, 0.3) is 0 Å². The van der Waals surface area contributed by atoms with Crippen molar-refractivity contribution in [2.75, 3.05) is 13.2 Å². The fourth-order valence-corrected chi connectivity index (χ4v) is 2.87. The van der Waals surface area contributed by atoms with Crippen LogP contribution in [0.3, 0.4) is 0 Å². The fourth-order valence-electron chi connectivity index (χ4n) is 2.87. The van der Waals surface area contributed by atoms with Gasteiger partial charge < -0.3 is 9.47 Å². The molecule has 2 rings (SSSR count). The van der Waals surface area contributed by atoms with Crippen molar-refractivity contribution >= 4 is 11.8 Å². The molecule has 2 unspecified atom stereocenters. The zero-order valence-corrected chi connectivity index (χ0v) is 14.3. The number of rotatable bonds is 6. The zero-order valence-electron chi connectivity index (χ0n) is 14.3. The average molecular weight is 294 g/mol. The third-order valence-electron chi connectivity index (χ3n) is 4.58. The van der Waals surface area contributed by atoms with Gasteiger partial charge in [0.15, 0.2) is 11.8 Å². The highest BCUT2D eigenvalue weighted by Gasteiger charge is 2.44. The van der Waals surface area contributed by atoms with Gasteiger partial charge in [-0.15, -0.1) is 0 Å². The Labute approximate surface area is 129 Å². The van der Waals surface area contributed by atoms with Crippen LogP contribution in [0.4, 0.5) is 0 Å². The molecule has 120 valence electrons. The predicted molar refractivity (Wildman–Crippen MR) is 87.0 cm³/mol. The lowest BCUT2D eigenvalue weighted by atomic mass is 9.84. The Morgan fingerprint density at radius 1 is 1.00 bits per heavy atom. The van der Waals surface area contributed by atoms with E-state index in [1.54, 1.807) is 0 Å². The summed E-state index contributed by atoms with van der Waals surface area (Å²) in [5.74, 6) is 2.66. The number of hydrogen-bond acceptors (Lipinski definition) is 4. The van der Waals surface area contributed by atoms with Gasteiger partial charge in [0, 0.05) is 0 Å². The number of hydrogen-bond donors (Lipinski definition) is 0. The Morgan fingerprint density at radius 2 is 1.43 bits per heavy atom. The van der Waals surface area contributed by atoms with Crippen LogP contribution >= 0.6 is 0 Å². The van der Waals surface area contributed by atoms with E-state index in [0.717, 1.165) is 24.6 Å². The number of ether oxygens (including phenoxy) is 2. The van der Waals surface area contributed by atoms with Gasteiger partial charge in [0.1, 0.15) is 18.6 Å². The van der Waals surface area contributed by atoms with E-state index in [1.807, 2.05) is 0 Å². The first kappa shape index (κ1) is 16.3. The van der Waals surface area contributed by atoms with Crippen LogP contribution in [-0.2, 0) is 9.47 Å². The molecule has 0 aliphatic carbocycles. The standard InChI is InChI=1S/C17H30N2O2/c1-7-8-17(6,15-18-13(9-20-15)11(2)3)16-19-14(10-21-16)12(4)5/h11-14H,7-10H2,1-6H3/t13-,14?,17?/m1/s1. The van der Waals surface area contributed by atoms with Crippen molar-refractivity contribution in [2.24, 2.45) is 27.2 Å². The molecule has 0 spiro atoms. The number of nitrogens with zero attached hydrogens (tertiary/aromatic N) is 2. The highest BCUT2D eigenvalue weighted by atomic mass is 16.5. The van der Waals surface area contributed by atoms with Crippen LogP contribution in [-0.4, -0.2) is 37.1 Å². The van der Waals surface area contributed by atoms with E-state index in [4.69, 9.17) is 19.5 Å². The van der Waals surface area contributed by atoms with E-state index < -0.39 is 0 Å². The molecule has 2 aliphatic heterocycles. The Kier molecular flexibility index (Phi) is 4.95. The van der Waals surface area contributed by atoms with Gasteiger partial charge in [0.25, 0.3) is 0 Å². The molecule has 2 heterocycles. The van der Waals surface area contributed by atoms with Crippen LogP contribution in [0, 0.1) is 17.3 Å². The normalized spacial score (nSPS) is 28.2. The maximum Gasteiger partial charge on any atom is 0.199 e. The molecule has 0 aromatic rings. The summed E-state index contributed by atoms with van der Waals surface area (Å²) in [5, 5.41) is 0. The summed E-state index contributed by atoms with van der Waals surface area (Å²) in [4.78, 5) is 9.65. The minimum atomic E-state index is -0.304. The summed E-state index contributed by atoms with van der Waals surface area (Å²) in [6, 6.07) is 0.526. The van der Waals surface area contributed by atoms with Crippen molar-refractivity contribution in [3.63, 3.8) is 0 Å². The van der Waals surface area contributed by atoms with Gasteiger partial charge >= 0.3 is 0 Å². The van der Waals surface area contributed by atoms with Crippen LogP contribution < -0.4 is 0 Å². The Bertz CT molecular complexity index is 393. The number of aliphatic imine (C=N–C) groups is 2. The molecule has 0 saturated carbocycles. The molecule has 2 aliphatic rings. The molecule has 3 atom stereocenters. The largest absolute Gasteiger partial charge is 0.478 e. The topological polar surface area (TPSA) is 43.2 Å². The molecule has 0 saturated heterocycles. The van der Waals surface area contributed by atoms with Crippen molar-refractivity contribution in [3.05, 3.63) is 0 Å². The van der Waals surface area contributed by atoms with Crippen LogP contribution in [0.2, 0.25) is 0 Å². The van der Waals surface area contributed by atoms with Gasteiger partial charge in [-0.25, -0.2) is 9.98 Å². The van der Waals surface area contributed by atoms with E-state index >= 15 is 0 Å². The summed E-state index contributed by atoms with van der Waals surface area (Å²) in [7, 11) is 0. The van der Waals surface area contributed by atoms with E-state index in [2.05, 4.69) is 41.5 Å². The summed E-state index contributed by atoms with van der Waals surface area (Å²) in [6.07, 6.45) is 2.01. The van der Waals surface area contributed by atoms with E-state index in [1.165, 1.54) is 0 Å². The Morgan fingerprint density at radius 3 is 1.71 bits per heavy atom. The molecule has 4 nitrogen and oxygen atoms in total. The lowest BCUT2D eigenvalue weighted by Gasteiger charge is -2.27. The first-order valence-electron chi connectivity index (χ1n) is 8.30. The molecule has 0 aromatic heterocycles. The van der Waals surface area contributed by atoms with Crippen LogP contribution in [0.5, 0.6) is 0 Å². The average Bonchev–Trinajstić information content (AvgIpc) is 3.09. The molecule has 0 N–H and O–H groups in total. The SMILES string of the molecule is CCCC(C)(C1=NC(C(C)C)CO1)C1=N[C@@H](C(C)C)CO1. The lowest BCUT2D eigenvalue weighted by Crippen LogP contribution is -2.37. The molecule has 0 radical (unpaired) electrons. The van der Waals surface area contributed by atoms with Crippen LogP contribution in [0.1, 0.15) is 54.4 Å². The van der Waals surface area contributed by atoms with Gasteiger partial charge in [-0.3, -0.25) is 0 Å². The maximum atomic E-state index is 5.94. The Hall–Kier alpha value is -1.06. The quantitative estimate of drug-likeness (QED) is 0.749. The first-order valence-corrected chi connectivity index (χ1v) is 8.30. The van der Waals surface area contributed by atoms with E-state index in [0.29, 0.717) is 25.0 Å². The zero-order chi connectivity index (χ0) is 15.6. The Balaban J connectivity index is 2.25. The van der Waals surface area contributed by atoms with Crippen molar-refractivity contribution in [2.45, 2.75) is 66.5 Å². The monoisotopic (exact) mass is 294 g/mol. The second-order valence-corrected chi connectivity index (χ2v) is 7.20. The van der Waals surface area contributed by atoms with Crippen molar-refractivity contribution in [1.82, 2.24) is 0 Å². The van der Waals surface area contributed by atoms with Gasteiger partial charge in [0.05, 0.1) is 12.1 Å². The van der Waals surface area contributed by atoms with Crippen molar-refractivity contribution in [1.29, 1.82) is 0 Å². The van der Waals surface area contributed by atoms with Crippen LogP contribution in [0.15, 0.2) is 9.98 Å². The summed E-state index contributed by atoms with van der Waals surface area (Å²) in [6.45, 7) is 14.5. The second-order valence-electron chi connectivity index (χ2n) is 7.20. The third-order valence-corrected chi connectivity index (χ3v) is 4.58. The maximum absolute atomic E-state index is 5.94. The smallest absolute Gasteiger partial charge is 0.199 e. The van der Waals surface area contributed by atoms with Crippen molar-refractivity contribution < 1.29 is 9.47 Å². The fraction of sp³-hybridized carbons (Fsp3) is 0.882. The highest BCUT2D eigenvalue weighted by Crippen LogP contribution is 2.35. The molecular formula is C17H30N2O2. The summed E-state index contributed by atoms with van der Waals surface area (Å²) >= 11 is 0. The molecule has 0 amide bonds. The van der Waals surface area contributed by atoms with Gasteiger partial charge in [-0.1, -0.05) is 41.0 Å². The summed E-state index contributed by atoms with van der Waals surface area (Å²) < 4.78 is 11.9. The van der Waals surface area contributed by atoms with Gasteiger partial charge in [-0.2, -0.15) is 0 Å². The third kappa shape index (κ3) is 3.24. The second kappa shape index (κ2) is 6.37. The van der Waals surface area contributed by atoms with Crippen molar-refractivity contribution in [3.8, 4) is 0 Å². The molecular weight excluding hydrogens is 264 g/mol. The van der Waals surface area contributed by atoms with E-state index in [-0.39, 0.29) is 17.5 Å². The minimum absolute atomic E-state index is 0.263. The minimum Gasteiger partial charge on any atom is -0.478 e. The molecule has 0 aromatic carbocycles. The highest BCUT2D eigenvalue weighted by molar-refractivity contribution is 6.05. The van der Waals surface area contributed by atoms with E-state index in [9.17, 15) is 0 Å². The summed E-state index contributed by atoms with van der Waals surface area (Å²) in [5.41, 5.74) is -0.304. The first-order chi connectivity index (χ1) is 9.88. The van der Waals surface area contributed by atoms with Gasteiger partial charge in [-0.05, 0) is 25.2 Å². The molecule has 4 heteroatoms. The molecule has 0 fully saturated rings. The van der Waals surface area contributed by atoms with Gasteiger partial charge in [0.2, 0.25) is 0 Å². The predicted octanol–water partition coefficient (Wildman–Crippen LogP) is 3.70. The molecule has 0 bridgehead atoms.